The van der Waals surface area contributed by atoms with E-state index in [4.69, 9.17) is 8.83 Å². The fourth-order valence-electron chi connectivity index (χ4n) is 1.42. The predicted molar refractivity (Wildman–Crippen MR) is 71.5 cm³/mol. The number of hydrogen-bond donors (Lipinski definition) is 1. The number of furan rings is 2. The Balaban J connectivity index is 1.94. The molecule has 19 heavy (non-hydrogen) atoms. The Kier molecular flexibility index (Phi) is 3.70. The molecule has 0 atom stereocenters. The number of anilines is 1. The second kappa shape index (κ2) is 5.43. The van der Waals surface area contributed by atoms with Crippen LogP contribution in [0.25, 0.3) is 0 Å². The number of hydrogen-bond acceptors (Lipinski definition) is 5. The summed E-state index contributed by atoms with van der Waals surface area (Å²) in [7, 11) is 3.75. The van der Waals surface area contributed by atoms with Crippen LogP contribution in [0.4, 0.5) is 5.88 Å². The Morgan fingerprint density at radius 2 is 2.05 bits per heavy atom. The van der Waals surface area contributed by atoms with Gasteiger partial charge in [-0.1, -0.05) is 0 Å². The molecule has 0 saturated heterocycles. The summed E-state index contributed by atoms with van der Waals surface area (Å²) >= 11 is 0. The minimum Gasteiger partial charge on any atom is -0.456 e. The average Bonchev–Trinajstić information content (AvgIpc) is 2.98. The maximum Gasteiger partial charge on any atom is 0.307 e. The Morgan fingerprint density at radius 1 is 1.26 bits per heavy atom. The van der Waals surface area contributed by atoms with Crippen molar-refractivity contribution in [3.63, 3.8) is 0 Å². The SMILES string of the molecule is Cc1ccc(C(=O)N/N=C\c2ccc(N(C)C)o2)o1. The summed E-state index contributed by atoms with van der Waals surface area (Å²) in [6, 6.07) is 6.90. The highest BCUT2D eigenvalue weighted by molar-refractivity contribution is 5.92. The first-order valence-corrected chi connectivity index (χ1v) is 5.73. The zero-order valence-electron chi connectivity index (χ0n) is 11.0. The average molecular weight is 261 g/mol. The lowest BCUT2D eigenvalue weighted by Gasteiger charge is -2.05. The zero-order valence-corrected chi connectivity index (χ0v) is 11.0. The van der Waals surface area contributed by atoms with E-state index in [-0.39, 0.29) is 5.76 Å². The lowest BCUT2D eigenvalue weighted by molar-refractivity contribution is 0.0926. The maximum absolute atomic E-state index is 11.6. The van der Waals surface area contributed by atoms with E-state index in [1.165, 1.54) is 6.21 Å². The molecule has 1 amide bonds. The maximum atomic E-state index is 11.6. The lowest BCUT2D eigenvalue weighted by Crippen LogP contribution is -2.16. The second-order valence-corrected chi connectivity index (χ2v) is 4.18. The van der Waals surface area contributed by atoms with Crippen LogP contribution in [0.15, 0.2) is 38.2 Å². The van der Waals surface area contributed by atoms with Crippen LogP contribution in [0.1, 0.15) is 22.1 Å². The molecule has 0 aliphatic carbocycles. The molecule has 6 heteroatoms. The summed E-state index contributed by atoms with van der Waals surface area (Å²) in [6.45, 7) is 1.77. The minimum absolute atomic E-state index is 0.225. The number of rotatable bonds is 4. The first-order valence-electron chi connectivity index (χ1n) is 5.73. The number of amides is 1. The summed E-state index contributed by atoms with van der Waals surface area (Å²) in [5.41, 5.74) is 2.36. The standard InChI is InChI=1S/C13H15N3O3/c1-9-4-6-11(18-9)13(17)15-14-8-10-5-7-12(19-10)16(2)3/h4-8H,1-3H3,(H,15,17)/b14-8-. The molecule has 0 aromatic carbocycles. The van der Waals surface area contributed by atoms with Crippen molar-refractivity contribution in [3.05, 3.63) is 41.5 Å². The van der Waals surface area contributed by atoms with E-state index in [9.17, 15) is 4.79 Å². The number of nitrogens with zero attached hydrogens (tertiary/aromatic N) is 2. The van der Waals surface area contributed by atoms with Gasteiger partial charge in [-0.3, -0.25) is 4.79 Å². The van der Waals surface area contributed by atoms with Gasteiger partial charge in [0.15, 0.2) is 11.6 Å². The number of nitrogens with one attached hydrogen (secondary N) is 1. The van der Waals surface area contributed by atoms with Crippen LogP contribution in [0.5, 0.6) is 0 Å². The van der Waals surface area contributed by atoms with Gasteiger partial charge in [-0.25, -0.2) is 5.43 Å². The molecule has 2 heterocycles. The Labute approximate surface area is 110 Å². The summed E-state index contributed by atoms with van der Waals surface area (Å²) in [6.07, 6.45) is 1.43. The van der Waals surface area contributed by atoms with Crippen LogP contribution in [0, 0.1) is 6.92 Å². The van der Waals surface area contributed by atoms with Crippen LogP contribution in [-0.4, -0.2) is 26.2 Å². The number of hydrazone groups is 1. The highest BCUT2D eigenvalue weighted by Gasteiger charge is 2.08. The van der Waals surface area contributed by atoms with Crippen LogP contribution in [-0.2, 0) is 0 Å². The topological polar surface area (TPSA) is 71.0 Å². The summed E-state index contributed by atoms with van der Waals surface area (Å²) in [5, 5.41) is 3.80. The van der Waals surface area contributed by atoms with Gasteiger partial charge in [-0.2, -0.15) is 5.10 Å². The van der Waals surface area contributed by atoms with Crippen molar-refractivity contribution >= 4 is 18.0 Å². The molecule has 0 bridgehead atoms. The molecular weight excluding hydrogens is 246 g/mol. The van der Waals surface area contributed by atoms with Crippen molar-refractivity contribution in [2.45, 2.75) is 6.92 Å². The molecule has 0 unspecified atom stereocenters. The van der Waals surface area contributed by atoms with Crippen molar-refractivity contribution in [2.75, 3.05) is 19.0 Å². The molecule has 0 spiro atoms. The Hall–Kier alpha value is -2.50. The molecule has 0 aliphatic heterocycles. The van der Waals surface area contributed by atoms with E-state index < -0.39 is 5.91 Å². The smallest absolute Gasteiger partial charge is 0.307 e. The first-order chi connectivity index (χ1) is 9.06. The van der Waals surface area contributed by atoms with Crippen molar-refractivity contribution < 1.29 is 13.6 Å². The van der Waals surface area contributed by atoms with E-state index in [0.717, 1.165) is 5.88 Å². The van der Waals surface area contributed by atoms with E-state index in [2.05, 4.69) is 10.5 Å². The second-order valence-electron chi connectivity index (χ2n) is 4.18. The highest BCUT2D eigenvalue weighted by atomic mass is 16.4. The highest BCUT2D eigenvalue weighted by Crippen LogP contribution is 2.14. The molecule has 0 radical (unpaired) electrons. The molecular formula is C13H15N3O3. The van der Waals surface area contributed by atoms with Gasteiger partial charge >= 0.3 is 5.91 Å². The quantitative estimate of drug-likeness (QED) is 0.675. The Morgan fingerprint density at radius 3 is 2.63 bits per heavy atom. The number of carbonyl (C=O) groups is 1. The molecule has 1 N–H and O–H groups in total. The van der Waals surface area contributed by atoms with Gasteiger partial charge in [0, 0.05) is 20.2 Å². The van der Waals surface area contributed by atoms with E-state index >= 15 is 0 Å². The van der Waals surface area contributed by atoms with Crippen LogP contribution in [0.2, 0.25) is 0 Å². The molecule has 2 aromatic rings. The van der Waals surface area contributed by atoms with Gasteiger partial charge in [0.2, 0.25) is 0 Å². The van der Waals surface area contributed by atoms with Gasteiger partial charge < -0.3 is 13.7 Å². The van der Waals surface area contributed by atoms with Gasteiger partial charge in [-0.05, 0) is 25.1 Å². The number of aryl methyl sites for hydroxylation is 1. The van der Waals surface area contributed by atoms with E-state index in [1.54, 1.807) is 25.1 Å². The van der Waals surface area contributed by atoms with Gasteiger partial charge in [0.25, 0.3) is 0 Å². The van der Waals surface area contributed by atoms with Crippen molar-refractivity contribution in [1.82, 2.24) is 5.43 Å². The van der Waals surface area contributed by atoms with Crippen LogP contribution >= 0.6 is 0 Å². The van der Waals surface area contributed by atoms with Gasteiger partial charge in [0.1, 0.15) is 11.5 Å². The molecule has 6 nitrogen and oxygen atoms in total. The third-order valence-corrected chi connectivity index (χ3v) is 2.38. The zero-order chi connectivity index (χ0) is 13.8. The van der Waals surface area contributed by atoms with E-state index in [0.29, 0.717) is 11.5 Å². The third kappa shape index (κ3) is 3.25. The number of carbonyl (C=O) groups excluding carboxylic acids is 1. The normalized spacial score (nSPS) is 10.9. The monoisotopic (exact) mass is 261 g/mol. The molecule has 100 valence electrons. The van der Waals surface area contributed by atoms with Crippen molar-refractivity contribution in [3.8, 4) is 0 Å². The summed E-state index contributed by atoms with van der Waals surface area (Å²) in [4.78, 5) is 13.4. The predicted octanol–water partition coefficient (Wildman–Crippen LogP) is 2.01. The fraction of sp³-hybridized carbons (Fsp3) is 0.231. The largest absolute Gasteiger partial charge is 0.456 e. The summed E-state index contributed by atoms with van der Waals surface area (Å²) in [5.74, 6) is 1.77. The first kappa shape index (κ1) is 12.9. The van der Waals surface area contributed by atoms with Crippen LogP contribution in [0.3, 0.4) is 0 Å². The molecule has 0 aliphatic rings. The molecule has 2 rings (SSSR count). The molecule has 2 aromatic heterocycles. The van der Waals surface area contributed by atoms with E-state index in [1.807, 2.05) is 25.1 Å². The van der Waals surface area contributed by atoms with Gasteiger partial charge in [0.05, 0.1) is 6.21 Å². The summed E-state index contributed by atoms with van der Waals surface area (Å²) < 4.78 is 10.6. The minimum atomic E-state index is -0.399. The van der Waals surface area contributed by atoms with Crippen molar-refractivity contribution in [2.24, 2.45) is 5.10 Å². The third-order valence-electron chi connectivity index (χ3n) is 2.38. The lowest BCUT2D eigenvalue weighted by atomic mass is 10.4. The fourth-order valence-corrected chi connectivity index (χ4v) is 1.42. The Bertz CT molecular complexity index is 596. The van der Waals surface area contributed by atoms with Gasteiger partial charge in [-0.15, -0.1) is 0 Å². The van der Waals surface area contributed by atoms with Crippen LogP contribution < -0.4 is 10.3 Å². The molecule has 0 fully saturated rings. The van der Waals surface area contributed by atoms with Crippen molar-refractivity contribution in [1.29, 1.82) is 0 Å². The molecule has 0 saturated carbocycles.